The van der Waals surface area contributed by atoms with E-state index in [4.69, 9.17) is 0 Å². The normalized spacial score (nSPS) is 13.4. The Labute approximate surface area is 113 Å². The molecule has 1 rings (SSSR count). The Morgan fingerprint density at radius 2 is 2.17 bits per heavy atom. The van der Waals surface area contributed by atoms with Crippen molar-refractivity contribution in [3.8, 4) is 0 Å². The molecule has 0 aliphatic rings. The number of thiazole rings is 1. The molecular weight excluding hydrogens is 248 g/mol. The zero-order valence-corrected chi connectivity index (χ0v) is 12.5. The molecule has 1 aromatic heterocycles. The van der Waals surface area contributed by atoms with Crippen LogP contribution < -0.4 is 0 Å². The minimum absolute atomic E-state index is 0.0110. The Morgan fingerprint density at radius 1 is 1.56 bits per heavy atom. The lowest BCUT2D eigenvalue weighted by molar-refractivity contribution is 0.0771. The van der Waals surface area contributed by atoms with E-state index in [1.165, 1.54) is 11.3 Å². The Balaban J connectivity index is 2.81. The highest BCUT2D eigenvalue weighted by molar-refractivity contribution is 7.11. The van der Waals surface area contributed by atoms with Gasteiger partial charge in [-0.2, -0.15) is 0 Å². The maximum absolute atomic E-state index is 12.3. The molecule has 4 nitrogen and oxygen atoms in total. The third-order valence-corrected chi connectivity index (χ3v) is 3.52. The van der Waals surface area contributed by atoms with Crippen molar-refractivity contribution in [1.82, 2.24) is 9.88 Å². The van der Waals surface area contributed by atoms with E-state index in [-0.39, 0.29) is 17.4 Å². The van der Waals surface area contributed by atoms with Crippen molar-refractivity contribution in [3.63, 3.8) is 0 Å². The average molecular weight is 270 g/mol. The minimum atomic E-state index is -0.385. The third-order valence-electron chi connectivity index (χ3n) is 2.70. The first kappa shape index (κ1) is 15.1. The molecule has 1 aromatic rings. The molecule has 1 N–H and O–H groups in total. The van der Waals surface area contributed by atoms with Gasteiger partial charge in [-0.05, 0) is 13.3 Å². The number of nitrogens with zero attached hydrogens (tertiary/aromatic N) is 2. The summed E-state index contributed by atoms with van der Waals surface area (Å²) >= 11 is 1.38. The van der Waals surface area contributed by atoms with E-state index in [2.05, 4.69) is 25.8 Å². The molecular formula is C13H22N2O2S. The highest BCUT2D eigenvalue weighted by Gasteiger charge is 2.26. The van der Waals surface area contributed by atoms with Crippen LogP contribution in [0.2, 0.25) is 0 Å². The van der Waals surface area contributed by atoms with E-state index in [1.807, 2.05) is 0 Å². The lowest BCUT2D eigenvalue weighted by Crippen LogP contribution is -2.30. The van der Waals surface area contributed by atoms with E-state index in [0.29, 0.717) is 17.8 Å². The van der Waals surface area contributed by atoms with E-state index in [0.717, 1.165) is 5.69 Å². The SMILES string of the molecule is CC(O)CCN(C)C(=O)c1scnc1C(C)(C)C. The largest absolute Gasteiger partial charge is 0.393 e. The predicted molar refractivity (Wildman–Crippen MR) is 74.1 cm³/mol. The summed E-state index contributed by atoms with van der Waals surface area (Å²) in [5.41, 5.74) is 2.44. The van der Waals surface area contributed by atoms with E-state index >= 15 is 0 Å². The van der Waals surface area contributed by atoms with Crippen molar-refractivity contribution in [3.05, 3.63) is 16.1 Å². The lowest BCUT2D eigenvalue weighted by atomic mass is 9.91. The summed E-state index contributed by atoms with van der Waals surface area (Å²) in [6, 6.07) is 0. The number of hydrogen-bond acceptors (Lipinski definition) is 4. The van der Waals surface area contributed by atoms with Gasteiger partial charge in [-0.15, -0.1) is 11.3 Å². The summed E-state index contributed by atoms with van der Waals surface area (Å²) in [6.45, 7) is 8.43. The first-order valence-electron chi connectivity index (χ1n) is 6.11. The first-order valence-corrected chi connectivity index (χ1v) is 6.99. The lowest BCUT2D eigenvalue weighted by Gasteiger charge is -2.21. The Bertz CT molecular complexity index is 407. The molecule has 0 radical (unpaired) electrons. The number of carbonyl (C=O) groups is 1. The second kappa shape index (κ2) is 5.80. The summed E-state index contributed by atoms with van der Waals surface area (Å²) in [7, 11) is 1.76. The van der Waals surface area contributed by atoms with Crippen molar-refractivity contribution >= 4 is 17.2 Å². The fourth-order valence-corrected chi connectivity index (χ4v) is 2.58. The van der Waals surface area contributed by atoms with Gasteiger partial charge in [0.05, 0.1) is 17.3 Å². The Kier molecular flexibility index (Phi) is 4.87. The molecule has 0 aliphatic carbocycles. The molecule has 0 aromatic carbocycles. The van der Waals surface area contributed by atoms with Crippen LogP contribution in [0.1, 0.15) is 49.5 Å². The number of amides is 1. The second-order valence-electron chi connectivity index (χ2n) is 5.64. The Morgan fingerprint density at radius 3 is 2.67 bits per heavy atom. The average Bonchev–Trinajstić information content (AvgIpc) is 2.72. The van der Waals surface area contributed by atoms with Crippen LogP contribution in [0.25, 0.3) is 0 Å². The smallest absolute Gasteiger partial charge is 0.265 e. The number of hydrogen-bond donors (Lipinski definition) is 1. The van der Waals surface area contributed by atoms with Crippen LogP contribution in [-0.4, -0.2) is 40.6 Å². The van der Waals surface area contributed by atoms with E-state index in [9.17, 15) is 9.90 Å². The van der Waals surface area contributed by atoms with Crippen LogP contribution in [0.3, 0.4) is 0 Å². The molecule has 1 unspecified atom stereocenters. The van der Waals surface area contributed by atoms with Gasteiger partial charge < -0.3 is 10.0 Å². The van der Waals surface area contributed by atoms with Gasteiger partial charge in [0.1, 0.15) is 4.88 Å². The van der Waals surface area contributed by atoms with Crippen molar-refractivity contribution in [1.29, 1.82) is 0 Å². The molecule has 1 atom stereocenters. The van der Waals surface area contributed by atoms with Crippen LogP contribution in [0, 0.1) is 0 Å². The number of aliphatic hydroxyl groups excluding tert-OH is 1. The summed E-state index contributed by atoms with van der Waals surface area (Å²) in [5.74, 6) is -0.0110. The van der Waals surface area contributed by atoms with Crippen LogP contribution in [-0.2, 0) is 5.41 Å². The van der Waals surface area contributed by atoms with E-state index in [1.54, 1.807) is 24.4 Å². The first-order chi connectivity index (χ1) is 8.23. The van der Waals surface area contributed by atoms with Crippen LogP contribution in [0.5, 0.6) is 0 Å². The molecule has 0 aliphatic heterocycles. The van der Waals surface area contributed by atoms with Crippen LogP contribution >= 0.6 is 11.3 Å². The highest BCUT2D eigenvalue weighted by Crippen LogP contribution is 2.27. The van der Waals surface area contributed by atoms with Gasteiger partial charge >= 0.3 is 0 Å². The molecule has 5 heteroatoms. The molecule has 0 bridgehead atoms. The monoisotopic (exact) mass is 270 g/mol. The van der Waals surface area contributed by atoms with Gasteiger partial charge in [0, 0.05) is 19.0 Å². The molecule has 1 amide bonds. The Hall–Kier alpha value is -0.940. The standard InChI is InChI=1S/C13H22N2O2S/c1-9(16)6-7-15(5)12(17)10-11(13(2,3)4)14-8-18-10/h8-9,16H,6-7H2,1-5H3. The zero-order valence-electron chi connectivity index (χ0n) is 11.7. The van der Waals surface area contributed by atoms with E-state index < -0.39 is 0 Å². The topological polar surface area (TPSA) is 53.4 Å². The highest BCUT2D eigenvalue weighted by atomic mass is 32.1. The number of aromatic nitrogens is 1. The van der Waals surface area contributed by atoms with Crippen molar-refractivity contribution in [2.24, 2.45) is 0 Å². The summed E-state index contributed by atoms with van der Waals surface area (Å²) in [5, 5.41) is 9.25. The third kappa shape index (κ3) is 3.78. The fourth-order valence-electron chi connectivity index (χ4n) is 1.59. The summed E-state index contributed by atoms with van der Waals surface area (Å²) in [6.07, 6.45) is 0.204. The number of rotatable bonds is 4. The molecule has 18 heavy (non-hydrogen) atoms. The minimum Gasteiger partial charge on any atom is -0.393 e. The summed E-state index contributed by atoms with van der Waals surface area (Å²) in [4.78, 5) is 19.0. The van der Waals surface area contributed by atoms with Gasteiger partial charge in [-0.1, -0.05) is 20.8 Å². The van der Waals surface area contributed by atoms with Crippen molar-refractivity contribution in [2.45, 2.75) is 45.6 Å². The molecule has 0 saturated carbocycles. The van der Waals surface area contributed by atoms with Gasteiger partial charge in [-0.3, -0.25) is 4.79 Å². The molecule has 0 spiro atoms. The van der Waals surface area contributed by atoms with Gasteiger partial charge in [0.25, 0.3) is 5.91 Å². The predicted octanol–water partition coefficient (Wildman–Crippen LogP) is 2.28. The maximum Gasteiger partial charge on any atom is 0.265 e. The maximum atomic E-state index is 12.3. The molecule has 1 heterocycles. The summed E-state index contributed by atoms with van der Waals surface area (Å²) < 4.78 is 0. The van der Waals surface area contributed by atoms with Gasteiger partial charge in [0.15, 0.2) is 0 Å². The van der Waals surface area contributed by atoms with Gasteiger partial charge in [-0.25, -0.2) is 4.98 Å². The van der Waals surface area contributed by atoms with Crippen LogP contribution in [0.15, 0.2) is 5.51 Å². The zero-order chi connectivity index (χ0) is 13.9. The number of aliphatic hydroxyl groups is 1. The molecule has 0 fully saturated rings. The van der Waals surface area contributed by atoms with Gasteiger partial charge in [0.2, 0.25) is 0 Å². The fraction of sp³-hybridized carbons (Fsp3) is 0.692. The second-order valence-corrected chi connectivity index (χ2v) is 6.50. The van der Waals surface area contributed by atoms with Crippen molar-refractivity contribution in [2.75, 3.05) is 13.6 Å². The van der Waals surface area contributed by atoms with Crippen molar-refractivity contribution < 1.29 is 9.90 Å². The van der Waals surface area contributed by atoms with Crippen LogP contribution in [0.4, 0.5) is 0 Å². The molecule has 0 saturated heterocycles. The number of carbonyl (C=O) groups excluding carboxylic acids is 1. The quantitative estimate of drug-likeness (QED) is 0.913. The molecule has 102 valence electrons.